The Bertz CT molecular complexity index is 709. The fourth-order valence-corrected chi connectivity index (χ4v) is 4.91. The van der Waals surface area contributed by atoms with E-state index in [2.05, 4.69) is 9.80 Å². The number of nitrogens with zero attached hydrogens (tertiary/aromatic N) is 3. The zero-order valence-electron chi connectivity index (χ0n) is 13.8. The van der Waals surface area contributed by atoms with Crippen LogP contribution in [0.2, 0.25) is 5.02 Å². The number of methoxy groups -OCH3 is 1. The van der Waals surface area contributed by atoms with Gasteiger partial charge in [0.25, 0.3) is 0 Å². The first kappa shape index (κ1) is 16.4. The predicted octanol–water partition coefficient (Wildman–Crippen LogP) is 3.26. The molecule has 2 aliphatic rings. The molecule has 7 heteroatoms. The normalized spacial score (nSPS) is 20.7. The van der Waals surface area contributed by atoms with Gasteiger partial charge in [-0.1, -0.05) is 22.9 Å². The van der Waals surface area contributed by atoms with Crippen molar-refractivity contribution in [3.63, 3.8) is 0 Å². The number of hydrogen-bond donors (Lipinski definition) is 0. The number of anilines is 1. The van der Waals surface area contributed by atoms with Crippen molar-refractivity contribution in [2.75, 3.05) is 51.4 Å². The highest BCUT2D eigenvalue weighted by atomic mass is 35.5. The van der Waals surface area contributed by atoms with Crippen molar-refractivity contribution in [2.45, 2.75) is 18.9 Å². The van der Waals surface area contributed by atoms with Crippen LogP contribution in [0.15, 0.2) is 12.1 Å². The first-order chi connectivity index (χ1) is 11.8. The van der Waals surface area contributed by atoms with Gasteiger partial charge in [0.05, 0.1) is 30.0 Å². The van der Waals surface area contributed by atoms with Gasteiger partial charge in [0.2, 0.25) is 0 Å². The third-order valence-electron chi connectivity index (χ3n) is 4.96. The van der Waals surface area contributed by atoms with Gasteiger partial charge in [0.1, 0.15) is 11.3 Å². The molecule has 2 saturated heterocycles. The van der Waals surface area contributed by atoms with Crippen LogP contribution in [0.4, 0.5) is 5.13 Å². The predicted molar refractivity (Wildman–Crippen MR) is 98.8 cm³/mol. The molecule has 130 valence electrons. The molecular formula is C17H22ClN3O2S. The van der Waals surface area contributed by atoms with Crippen LogP contribution in [0.5, 0.6) is 5.75 Å². The Kier molecular flexibility index (Phi) is 4.81. The zero-order chi connectivity index (χ0) is 16.5. The van der Waals surface area contributed by atoms with Crippen molar-refractivity contribution < 1.29 is 9.47 Å². The average molecular weight is 368 g/mol. The Hall–Kier alpha value is -1.08. The fraction of sp³-hybridized carbons (Fsp3) is 0.588. The molecule has 1 aromatic heterocycles. The lowest BCUT2D eigenvalue weighted by atomic mass is 10.0. The number of fused-ring (bicyclic) bond motifs is 1. The highest BCUT2D eigenvalue weighted by molar-refractivity contribution is 7.22. The van der Waals surface area contributed by atoms with Crippen molar-refractivity contribution >= 4 is 38.3 Å². The van der Waals surface area contributed by atoms with E-state index in [9.17, 15) is 0 Å². The second kappa shape index (κ2) is 7.04. The van der Waals surface area contributed by atoms with Crippen LogP contribution in [-0.2, 0) is 4.74 Å². The van der Waals surface area contributed by atoms with Crippen LogP contribution in [-0.4, -0.2) is 62.4 Å². The van der Waals surface area contributed by atoms with Crippen molar-refractivity contribution in [1.29, 1.82) is 0 Å². The lowest BCUT2D eigenvalue weighted by Crippen LogP contribution is -2.49. The van der Waals surface area contributed by atoms with Gasteiger partial charge in [0, 0.05) is 32.2 Å². The average Bonchev–Trinajstić information content (AvgIpc) is 3.09. The fourth-order valence-electron chi connectivity index (χ4n) is 3.61. The lowest BCUT2D eigenvalue weighted by Gasteiger charge is -2.40. The summed E-state index contributed by atoms with van der Waals surface area (Å²) in [6.45, 7) is 5.97. The maximum atomic E-state index is 6.34. The van der Waals surface area contributed by atoms with Crippen LogP contribution in [0, 0.1) is 0 Å². The SMILES string of the molecule is COc1ccc(Cl)c2sc(N3CCC(N4CCOCC4)CC3)nc12. The summed E-state index contributed by atoms with van der Waals surface area (Å²) < 4.78 is 11.9. The molecule has 0 spiro atoms. The van der Waals surface area contributed by atoms with E-state index in [-0.39, 0.29) is 0 Å². The van der Waals surface area contributed by atoms with E-state index in [1.807, 2.05) is 12.1 Å². The van der Waals surface area contributed by atoms with Crippen molar-refractivity contribution in [2.24, 2.45) is 0 Å². The molecule has 0 N–H and O–H groups in total. The molecule has 0 bridgehead atoms. The number of aromatic nitrogens is 1. The van der Waals surface area contributed by atoms with Gasteiger partial charge in [-0.15, -0.1) is 0 Å². The van der Waals surface area contributed by atoms with Gasteiger partial charge in [-0.25, -0.2) is 4.98 Å². The maximum Gasteiger partial charge on any atom is 0.186 e. The second-order valence-corrected chi connectivity index (χ2v) is 7.68. The number of morpholine rings is 1. The van der Waals surface area contributed by atoms with Crippen molar-refractivity contribution in [3.05, 3.63) is 17.2 Å². The highest BCUT2D eigenvalue weighted by Crippen LogP contribution is 2.39. The molecule has 0 amide bonds. The Morgan fingerprint density at radius 1 is 1.21 bits per heavy atom. The van der Waals surface area contributed by atoms with Gasteiger partial charge in [-0.05, 0) is 25.0 Å². The van der Waals surface area contributed by atoms with E-state index < -0.39 is 0 Å². The Labute approximate surface area is 151 Å². The van der Waals surface area contributed by atoms with E-state index in [4.69, 9.17) is 26.1 Å². The molecule has 3 heterocycles. The summed E-state index contributed by atoms with van der Waals surface area (Å²) in [5.74, 6) is 0.792. The standard InChI is InChI=1S/C17H22ClN3O2S/c1-22-14-3-2-13(18)16-15(14)19-17(24-16)21-6-4-12(5-7-21)20-8-10-23-11-9-20/h2-3,12H,4-11H2,1H3. The summed E-state index contributed by atoms with van der Waals surface area (Å²) in [5.41, 5.74) is 0.875. The first-order valence-corrected chi connectivity index (χ1v) is 9.65. The number of ether oxygens (including phenoxy) is 2. The maximum absolute atomic E-state index is 6.34. The molecule has 0 unspecified atom stereocenters. The largest absolute Gasteiger partial charge is 0.494 e. The van der Waals surface area contributed by atoms with Gasteiger partial charge in [-0.3, -0.25) is 4.90 Å². The van der Waals surface area contributed by atoms with E-state index in [0.29, 0.717) is 6.04 Å². The van der Waals surface area contributed by atoms with E-state index in [0.717, 1.165) is 65.5 Å². The number of benzene rings is 1. The quantitative estimate of drug-likeness (QED) is 0.832. The summed E-state index contributed by atoms with van der Waals surface area (Å²) in [4.78, 5) is 9.78. The zero-order valence-corrected chi connectivity index (χ0v) is 15.4. The molecule has 24 heavy (non-hydrogen) atoms. The number of piperidine rings is 1. The summed E-state index contributed by atoms with van der Waals surface area (Å²) in [6, 6.07) is 4.45. The van der Waals surface area contributed by atoms with Gasteiger partial charge in [0.15, 0.2) is 5.13 Å². The van der Waals surface area contributed by atoms with Crippen LogP contribution in [0.3, 0.4) is 0 Å². The molecule has 0 saturated carbocycles. The molecule has 2 aromatic rings. The van der Waals surface area contributed by atoms with Crippen LogP contribution in [0.1, 0.15) is 12.8 Å². The molecule has 0 radical (unpaired) electrons. The molecule has 5 nitrogen and oxygen atoms in total. The molecule has 2 fully saturated rings. The topological polar surface area (TPSA) is 37.8 Å². The third-order valence-corrected chi connectivity index (χ3v) is 6.54. The molecule has 0 atom stereocenters. The lowest BCUT2D eigenvalue weighted by molar-refractivity contribution is 0.0115. The summed E-state index contributed by atoms with van der Waals surface area (Å²) in [6.07, 6.45) is 2.36. The van der Waals surface area contributed by atoms with Gasteiger partial charge >= 0.3 is 0 Å². The molecule has 4 rings (SSSR count). The number of rotatable bonds is 3. The highest BCUT2D eigenvalue weighted by Gasteiger charge is 2.27. The van der Waals surface area contributed by atoms with Crippen LogP contribution >= 0.6 is 22.9 Å². The number of halogens is 1. The van der Waals surface area contributed by atoms with Crippen molar-refractivity contribution in [3.8, 4) is 5.75 Å². The molecule has 2 aliphatic heterocycles. The molecular weight excluding hydrogens is 346 g/mol. The minimum atomic E-state index is 0.678. The van der Waals surface area contributed by atoms with E-state index >= 15 is 0 Å². The van der Waals surface area contributed by atoms with Crippen LogP contribution < -0.4 is 9.64 Å². The number of thiazole rings is 1. The first-order valence-electron chi connectivity index (χ1n) is 8.46. The molecule has 0 aliphatic carbocycles. The summed E-state index contributed by atoms with van der Waals surface area (Å²) in [7, 11) is 1.68. The smallest absolute Gasteiger partial charge is 0.186 e. The molecule has 1 aromatic carbocycles. The minimum Gasteiger partial charge on any atom is -0.494 e. The van der Waals surface area contributed by atoms with E-state index in [1.165, 1.54) is 12.8 Å². The Balaban J connectivity index is 1.49. The van der Waals surface area contributed by atoms with Crippen molar-refractivity contribution in [1.82, 2.24) is 9.88 Å². The third kappa shape index (κ3) is 3.08. The van der Waals surface area contributed by atoms with Gasteiger partial charge in [-0.2, -0.15) is 0 Å². The minimum absolute atomic E-state index is 0.678. The summed E-state index contributed by atoms with van der Waals surface area (Å²) >= 11 is 8.01. The monoisotopic (exact) mass is 367 g/mol. The van der Waals surface area contributed by atoms with Gasteiger partial charge < -0.3 is 14.4 Å². The summed E-state index contributed by atoms with van der Waals surface area (Å²) in [5, 5.41) is 1.80. The van der Waals surface area contributed by atoms with E-state index in [1.54, 1.807) is 18.4 Å². The second-order valence-electron chi connectivity index (χ2n) is 6.29. The Morgan fingerprint density at radius 2 is 1.96 bits per heavy atom. The van der Waals surface area contributed by atoms with Crippen LogP contribution in [0.25, 0.3) is 10.2 Å². The Morgan fingerprint density at radius 3 is 2.67 bits per heavy atom. The number of hydrogen-bond acceptors (Lipinski definition) is 6.